The number of alkyl halides is 5. The summed E-state index contributed by atoms with van der Waals surface area (Å²) in [6.45, 7) is 0. The summed E-state index contributed by atoms with van der Waals surface area (Å²) < 4.78 is 76.5. The van der Waals surface area contributed by atoms with Gasteiger partial charge >= 0.3 is 18.4 Å². The van der Waals surface area contributed by atoms with E-state index in [4.69, 9.17) is 5.11 Å². The number of ketones is 1. The van der Waals surface area contributed by atoms with Crippen LogP contribution in [0.5, 0.6) is 11.5 Å². The lowest BCUT2D eigenvalue weighted by Gasteiger charge is -2.17. The van der Waals surface area contributed by atoms with Crippen LogP contribution >= 0.6 is 0 Å². The molecule has 1 fully saturated rings. The van der Waals surface area contributed by atoms with Gasteiger partial charge in [-0.25, -0.2) is 4.79 Å². The van der Waals surface area contributed by atoms with Gasteiger partial charge in [-0.15, -0.1) is 8.78 Å². The van der Waals surface area contributed by atoms with Crippen molar-refractivity contribution in [3.05, 3.63) is 77.0 Å². The molecular weight excluding hydrogens is 489 g/mol. The Morgan fingerprint density at radius 3 is 2.22 bits per heavy atom. The zero-order valence-corrected chi connectivity index (χ0v) is 18.2. The maximum absolute atomic E-state index is 13.6. The number of benzene rings is 2. The number of Topliss-reactive ketones (excluding diaryl/α,β-unsaturated/α-hetero) is 1. The van der Waals surface area contributed by atoms with Gasteiger partial charge < -0.3 is 14.6 Å². The van der Waals surface area contributed by atoms with Crippen LogP contribution in [0.25, 0.3) is 11.3 Å². The standard InChI is InChI=1S/C25H16F5NO5/c26-24(27,28)17-7-6-16(31-21(17)13-1-3-14(4-2-13)22(33)34)12-20(32)23(9-10-23)15-5-8-18-19(11-15)36-25(29,30)35-18/h1-8,11H,9-10,12H2,(H,33,34). The number of halogens is 5. The van der Waals surface area contributed by atoms with Gasteiger partial charge in [-0.2, -0.15) is 13.2 Å². The van der Waals surface area contributed by atoms with Gasteiger partial charge in [0, 0.05) is 17.7 Å². The molecule has 0 atom stereocenters. The fourth-order valence-corrected chi connectivity index (χ4v) is 4.25. The normalized spacial score (nSPS) is 17.0. The molecule has 2 heterocycles. The summed E-state index contributed by atoms with van der Waals surface area (Å²) in [5.74, 6) is -1.91. The second kappa shape index (κ2) is 8.00. The maximum atomic E-state index is 13.6. The lowest BCUT2D eigenvalue weighted by Crippen LogP contribution is -2.26. The number of carboxylic acids is 1. The first-order valence-electron chi connectivity index (χ1n) is 10.7. The highest BCUT2D eigenvalue weighted by Gasteiger charge is 2.52. The Hall–Kier alpha value is -4.02. The van der Waals surface area contributed by atoms with Gasteiger partial charge in [0.1, 0.15) is 5.78 Å². The minimum atomic E-state index is -4.73. The molecule has 36 heavy (non-hydrogen) atoms. The van der Waals surface area contributed by atoms with Crippen LogP contribution in [0.4, 0.5) is 22.0 Å². The van der Waals surface area contributed by atoms with E-state index in [2.05, 4.69) is 14.5 Å². The first-order valence-corrected chi connectivity index (χ1v) is 10.7. The molecule has 11 heteroatoms. The van der Waals surface area contributed by atoms with E-state index in [-0.39, 0.29) is 40.5 Å². The molecule has 1 aromatic heterocycles. The highest BCUT2D eigenvalue weighted by Crippen LogP contribution is 2.52. The molecule has 0 spiro atoms. The quantitative estimate of drug-likeness (QED) is 0.437. The van der Waals surface area contributed by atoms with Gasteiger partial charge in [0.2, 0.25) is 0 Å². The average molecular weight is 505 g/mol. The highest BCUT2D eigenvalue weighted by atomic mass is 19.4. The molecule has 1 aliphatic carbocycles. The summed E-state index contributed by atoms with van der Waals surface area (Å²) in [5, 5.41) is 9.04. The van der Waals surface area contributed by atoms with Crippen molar-refractivity contribution in [3.8, 4) is 22.8 Å². The molecule has 1 N–H and O–H groups in total. The summed E-state index contributed by atoms with van der Waals surface area (Å²) in [6, 6.07) is 10.8. The van der Waals surface area contributed by atoms with Crippen molar-refractivity contribution < 1.29 is 46.1 Å². The number of nitrogens with zero attached hydrogens (tertiary/aromatic N) is 1. The molecule has 6 nitrogen and oxygen atoms in total. The molecule has 1 aliphatic heterocycles. The van der Waals surface area contributed by atoms with Crippen LogP contribution in [0, 0.1) is 0 Å². The third kappa shape index (κ3) is 4.25. The number of ether oxygens (including phenoxy) is 2. The van der Waals surface area contributed by atoms with Crippen LogP contribution in [-0.4, -0.2) is 28.1 Å². The number of aromatic nitrogens is 1. The predicted molar refractivity (Wildman–Crippen MR) is 114 cm³/mol. The van der Waals surface area contributed by atoms with Crippen molar-refractivity contribution in [2.24, 2.45) is 0 Å². The van der Waals surface area contributed by atoms with Gasteiger partial charge in [-0.05, 0) is 54.8 Å². The van der Waals surface area contributed by atoms with Crippen molar-refractivity contribution in [3.63, 3.8) is 0 Å². The minimum absolute atomic E-state index is 0.0412. The Bertz CT molecular complexity index is 1380. The molecule has 1 saturated carbocycles. The Morgan fingerprint density at radius 2 is 1.61 bits per heavy atom. The number of hydrogen-bond acceptors (Lipinski definition) is 5. The molecule has 0 bridgehead atoms. The number of carbonyl (C=O) groups excluding carboxylic acids is 1. The number of aromatic carboxylic acids is 1. The first-order chi connectivity index (χ1) is 16.9. The van der Waals surface area contributed by atoms with Gasteiger partial charge in [0.15, 0.2) is 11.5 Å². The molecule has 0 saturated heterocycles. The van der Waals surface area contributed by atoms with Crippen LogP contribution in [0.2, 0.25) is 0 Å². The third-order valence-corrected chi connectivity index (χ3v) is 6.24. The molecule has 0 radical (unpaired) electrons. The van der Waals surface area contributed by atoms with Crippen molar-refractivity contribution in [2.75, 3.05) is 0 Å². The number of hydrogen-bond donors (Lipinski definition) is 1. The van der Waals surface area contributed by atoms with E-state index in [1.54, 1.807) is 0 Å². The Kier molecular flexibility index (Phi) is 5.27. The topological polar surface area (TPSA) is 85.7 Å². The van der Waals surface area contributed by atoms with E-state index in [1.165, 1.54) is 42.5 Å². The van der Waals surface area contributed by atoms with Crippen molar-refractivity contribution in [2.45, 2.75) is 37.1 Å². The van der Waals surface area contributed by atoms with E-state index < -0.39 is 35.1 Å². The number of carboxylic acid groups (broad SMARTS) is 1. The van der Waals surface area contributed by atoms with Crippen LogP contribution < -0.4 is 9.47 Å². The summed E-state index contributed by atoms with van der Waals surface area (Å²) >= 11 is 0. The lowest BCUT2D eigenvalue weighted by molar-refractivity contribution is -0.286. The lowest BCUT2D eigenvalue weighted by atomic mass is 9.88. The molecule has 3 aromatic rings. The van der Waals surface area contributed by atoms with Gasteiger partial charge in [0.05, 0.1) is 22.2 Å². The fourth-order valence-electron chi connectivity index (χ4n) is 4.25. The minimum Gasteiger partial charge on any atom is -0.478 e. The summed E-state index contributed by atoms with van der Waals surface area (Å²) in [4.78, 5) is 28.4. The SMILES string of the molecule is O=C(O)c1ccc(-c2nc(CC(=O)C3(c4ccc5c(c4)OC(F)(F)O5)CC3)ccc2C(F)(F)F)cc1. The molecule has 2 aromatic carbocycles. The van der Waals surface area contributed by atoms with Crippen LogP contribution in [0.15, 0.2) is 54.6 Å². The molecule has 5 rings (SSSR count). The van der Waals surface area contributed by atoms with Crippen LogP contribution in [0.3, 0.4) is 0 Å². The monoisotopic (exact) mass is 505 g/mol. The second-order valence-corrected chi connectivity index (χ2v) is 8.59. The Balaban J connectivity index is 1.44. The summed E-state index contributed by atoms with van der Waals surface area (Å²) in [5.41, 5.74) is -1.97. The molecule has 0 unspecified atom stereocenters. The summed E-state index contributed by atoms with van der Waals surface area (Å²) in [6.07, 6.45) is -7.95. The predicted octanol–water partition coefficient (Wildman–Crippen LogP) is 5.63. The zero-order chi connectivity index (χ0) is 25.9. The van der Waals surface area contributed by atoms with Crippen molar-refractivity contribution >= 4 is 11.8 Å². The highest BCUT2D eigenvalue weighted by molar-refractivity contribution is 5.94. The third-order valence-electron chi connectivity index (χ3n) is 6.24. The number of fused-ring (bicyclic) bond motifs is 1. The van der Waals surface area contributed by atoms with E-state index in [0.29, 0.717) is 18.4 Å². The molecule has 0 amide bonds. The largest absolute Gasteiger partial charge is 0.586 e. The maximum Gasteiger partial charge on any atom is 0.586 e. The Labute approximate surface area is 200 Å². The van der Waals surface area contributed by atoms with E-state index in [0.717, 1.165) is 12.1 Å². The molecular formula is C25H16F5NO5. The van der Waals surface area contributed by atoms with Crippen LogP contribution in [-0.2, 0) is 22.8 Å². The first kappa shape index (κ1) is 23.7. The van der Waals surface area contributed by atoms with Crippen LogP contribution in [0.1, 0.15) is 40.0 Å². The van der Waals surface area contributed by atoms with E-state index >= 15 is 0 Å². The van der Waals surface area contributed by atoms with Gasteiger partial charge in [-0.1, -0.05) is 18.2 Å². The number of pyridine rings is 1. The van der Waals surface area contributed by atoms with Crippen molar-refractivity contribution in [1.82, 2.24) is 4.98 Å². The van der Waals surface area contributed by atoms with Crippen molar-refractivity contribution in [1.29, 1.82) is 0 Å². The smallest absolute Gasteiger partial charge is 0.478 e. The number of carbonyl (C=O) groups is 2. The Morgan fingerprint density at radius 1 is 0.944 bits per heavy atom. The van der Waals surface area contributed by atoms with Gasteiger partial charge in [-0.3, -0.25) is 9.78 Å². The van der Waals surface area contributed by atoms with Gasteiger partial charge in [0.25, 0.3) is 0 Å². The summed E-state index contributed by atoms with van der Waals surface area (Å²) in [7, 11) is 0. The van der Waals surface area contributed by atoms with E-state index in [9.17, 15) is 31.5 Å². The van der Waals surface area contributed by atoms with E-state index in [1.807, 2.05) is 0 Å². The zero-order valence-electron chi connectivity index (χ0n) is 18.2. The molecule has 2 aliphatic rings. The second-order valence-electron chi connectivity index (χ2n) is 8.59. The molecule has 186 valence electrons. The number of rotatable bonds is 6. The average Bonchev–Trinajstić information content (AvgIpc) is 3.55. The fraction of sp³-hybridized carbons (Fsp3) is 0.240.